The second kappa shape index (κ2) is 13.5. The van der Waals surface area contributed by atoms with Crippen LogP contribution < -0.4 is 4.72 Å². The van der Waals surface area contributed by atoms with Crippen LogP contribution in [0.5, 0.6) is 0 Å². The minimum Gasteiger partial charge on any atom is -0.214 e. The first-order valence-electron chi connectivity index (χ1n) is 8.33. The maximum absolute atomic E-state index is 12.0. The van der Waals surface area contributed by atoms with Crippen LogP contribution in [0.2, 0.25) is 0 Å². The zero-order valence-electron chi connectivity index (χ0n) is 13.7. The molecule has 0 radical (unpaired) electrons. The quantitative estimate of drug-likeness (QED) is 0.493. The molecule has 1 atom stereocenters. The smallest absolute Gasteiger partial charge is 0.214 e. The molecule has 0 aliphatic carbocycles. The molecule has 0 heterocycles. The highest BCUT2D eigenvalue weighted by atomic mass is 32.2. The van der Waals surface area contributed by atoms with Crippen LogP contribution in [-0.2, 0) is 10.0 Å². The van der Waals surface area contributed by atoms with Crippen LogP contribution >= 0.6 is 0 Å². The maximum atomic E-state index is 12.0. The van der Waals surface area contributed by atoms with E-state index in [-0.39, 0.29) is 0 Å². The van der Waals surface area contributed by atoms with Gasteiger partial charge >= 0.3 is 0 Å². The van der Waals surface area contributed by atoms with Crippen molar-refractivity contribution in [2.75, 3.05) is 6.54 Å². The normalized spacial score (nSPS) is 12.5. The first-order chi connectivity index (χ1) is 10.6. The minimum atomic E-state index is -3.56. The Labute approximate surface area is 135 Å². The second-order valence-corrected chi connectivity index (χ2v) is 7.53. The summed E-state index contributed by atoms with van der Waals surface area (Å²) in [6.45, 7) is 2.48. The second-order valence-electron chi connectivity index (χ2n) is 5.58. The van der Waals surface area contributed by atoms with Crippen LogP contribution in [0.15, 0.2) is 0 Å². The number of nitrogens with one attached hydrogen (secondary N) is 1. The topological polar surface area (TPSA) is 93.8 Å². The SMILES string of the molecule is CCCCCCCCCC(C#N)S(=O)(=O)NCCCCC#N. The fourth-order valence-corrected chi connectivity index (χ4v) is 3.47. The standard InChI is InChI=1S/C16H29N3O2S/c1-2-3-4-5-6-7-9-12-16(15-18)22(20,21)19-14-11-8-10-13-17/h16,19H,2-12,14H2,1H3. The van der Waals surface area contributed by atoms with Crippen LogP contribution in [0.1, 0.15) is 77.6 Å². The molecular weight excluding hydrogens is 298 g/mol. The Balaban J connectivity index is 3.91. The lowest BCUT2D eigenvalue weighted by molar-refractivity contribution is 0.550. The van der Waals surface area contributed by atoms with Crippen molar-refractivity contribution in [1.82, 2.24) is 4.72 Å². The fourth-order valence-electron chi connectivity index (χ4n) is 2.22. The van der Waals surface area contributed by atoms with Crippen molar-refractivity contribution in [1.29, 1.82) is 10.5 Å². The van der Waals surface area contributed by atoms with Gasteiger partial charge in [0.15, 0.2) is 5.25 Å². The molecule has 1 unspecified atom stereocenters. The van der Waals surface area contributed by atoms with Crippen LogP contribution in [0.3, 0.4) is 0 Å². The number of unbranched alkanes of at least 4 members (excludes halogenated alkanes) is 8. The lowest BCUT2D eigenvalue weighted by Gasteiger charge is -2.11. The van der Waals surface area contributed by atoms with Gasteiger partial charge in [-0.05, 0) is 19.3 Å². The third kappa shape index (κ3) is 10.6. The first kappa shape index (κ1) is 20.9. The summed E-state index contributed by atoms with van der Waals surface area (Å²) >= 11 is 0. The Hall–Kier alpha value is -1.11. The van der Waals surface area contributed by atoms with Crippen molar-refractivity contribution in [2.24, 2.45) is 0 Å². The molecule has 126 valence electrons. The Morgan fingerprint density at radius 1 is 0.955 bits per heavy atom. The molecular formula is C16H29N3O2S. The summed E-state index contributed by atoms with van der Waals surface area (Å²) in [5, 5.41) is 16.5. The molecule has 0 saturated heterocycles. The Morgan fingerprint density at radius 3 is 2.18 bits per heavy atom. The van der Waals surface area contributed by atoms with Crippen LogP contribution in [0.4, 0.5) is 0 Å². The zero-order chi connectivity index (χ0) is 16.7. The van der Waals surface area contributed by atoms with Gasteiger partial charge in [0, 0.05) is 13.0 Å². The van der Waals surface area contributed by atoms with Gasteiger partial charge in [0.05, 0.1) is 12.1 Å². The Morgan fingerprint density at radius 2 is 1.59 bits per heavy atom. The van der Waals surface area contributed by atoms with E-state index in [1.54, 1.807) is 0 Å². The van der Waals surface area contributed by atoms with E-state index in [0.29, 0.717) is 32.2 Å². The summed E-state index contributed by atoms with van der Waals surface area (Å²) in [5.74, 6) is 0. The summed E-state index contributed by atoms with van der Waals surface area (Å²) in [5.41, 5.74) is 0. The number of sulfonamides is 1. The molecule has 0 aromatic heterocycles. The molecule has 0 aromatic carbocycles. The summed E-state index contributed by atoms with van der Waals surface area (Å²) in [4.78, 5) is 0. The number of nitrogens with zero attached hydrogens (tertiary/aromatic N) is 2. The van der Waals surface area contributed by atoms with Gasteiger partial charge in [0.25, 0.3) is 0 Å². The molecule has 0 bridgehead atoms. The van der Waals surface area contributed by atoms with E-state index in [4.69, 9.17) is 10.5 Å². The minimum absolute atomic E-state index is 0.305. The van der Waals surface area contributed by atoms with E-state index in [1.807, 2.05) is 12.1 Å². The summed E-state index contributed by atoms with van der Waals surface area (Å²) < 4.78 is 26.5. The molecule has 0 aliphatic heterocycles. The van der Waals surface area contributed by atoms with Crippen LogP contribution in [-0.4, -0.2) is 20.2 Å². The lowest BCUT2D eigenvalue weighted by Crippen LogP contribution is -2.34. The average molecular weight is 327 g/mol. The molecule has 6 heteroatoms. The number of hydrogen-bond acceptors (Lipinski definition) is 4. The maximum Gasteiger partial charge on any atom is 0.227 e. The van der Waals surface area contributed by atoms with Gasteiger partial charge in [-0.1, -0.05) is 51.9 Å². The molecule has 0 aliphatic rings. The Kier molecular flexibility index (Phi) is 12.9. The van der Waals surface area contributed by atoms with Gasteiger partial charge < -0.3 is 0 Å². The molecule has 1 N–H and O–H groups in total. The van der Waals surface area contributed by atoms with E-state index >= 15 is 0 Å². The van der Waals surface area contributed by atoms with Gasteiger partial charge in [-0.2, -0.15) is 10.5 Å². The molecule has 5 nitrogen and oxygen atoms in total. The van der Waals surface area contributed by atoms with E-state index in [2.05, 4.69) is 11.6 Å². The van der Waals surface area contributed by atoms with Crippen molar-refractivity contribution < 1.29 is 8.42 Å². The monoisotopic (exact) mass is 327 g/mol. The number of nitriles is 2. The molecule has 0 rings (SSSR count). The molecule has 0 amide bonds. The first-order valence-corrected chi connectivity index (χ1v) is 9.88. The fraction of sp³-hybridized carbons (Fsp3) is 0.875. The van der Waals surface area contributed by atoms with Crippen LogP contribution in [0, 0.1) is 22.7 Å². The van der Waals surface area contributed by atoms with E-state index in [9.17, 15) is 8.42 Å². The molecule has 22 heavy (non-hydrogen) atoms. The van der Waals surface area contributed by atoms with Gasteiger partial charge in [0.2, 0.25) is 10.0 Å². The average Bonchev–Trinajstić information content (AvgIpc) is 2.49. The number of hydrogen-bond donors (Lipinski definition) is 1. The highest BCUT2D eigenvalue weighted by Gasteiger charge is 2.23. The third-order valence-electron chi connectivity index (χ3n) is 3.61. The predicted molar refractivity (Wildman–Crippen MR) is 88.4 cm³/mol. The number of rotatable bonds is 14. The summed E-state index contributed by atoms with van der Waals surface area (Å²) in [6, 6.07) is 3.92. The van der Waals surface area contributed by atoms with Gasteiger partial charge in [0.1, 0.15) is 0 Å². The van der Waals surface area contributed by atoms with Crippen molar-refractivity contribution in [3.8, 4) is 12.1 Å². The third-order valence-corrected chi connectivity index (χ3v) is 5.30. The van der Waals surface area contributed by atoms with Crippen molar-refractivity contribution >= 4 is 10.0 Å². The van der Waals surface area contributed by atoms with Gasteiger partial charge in [-0.15, -0.1) is 0 Å². The molecule has 0 saturated carbocycles. The predicted octanol–water partition coefficient (Wildman–Crippen LogP) is 3.63. The van der Waals surface area contributed by atoms with Crippen molar-refractivity contribution in [3.05, 3.63) is 0 Å². The van der Waals surface area contributed by atoms with Gasteiger partial charge in [-0.25, -0.2) is 13.1 Å². The van der Waals surface area contributed by atoms with E-state index < -0.39 is 15.3 Å². The van der Waals surface area contributed by atoms with E-state index in [1.165, 1.54) is 25.7 Å². The van der Waals surface area contributed by atoms with Crippen molar-refractivity contribution in [3.63, 3.8) is 0 Å². The summed E-state index contributed by atoms with van der Waals surface area (Å²) in [6.07, 6.45) is 9.91. The highest BCUT2D eigenvalue weighted by Crippen LogP contribution is 2.13. The molecule has 0 fully saturated rings. The molecule has 0 aromatic rings. The lowest BCUT2D eigenvalue weighted by atomic mass is 10.1. The van der Waals surface area contributed by atoms with Gasteiger partial charge in [-0.3, -0.25) is 0 Å². The van der Waals surface area contributed by atoms with E-state index in [0.717, 1.165) is 19.3 Å². The highest BCUT2D eigenvalue weighted by molar-refractivity contribution is 7.90. The Bertz CT molecular complexity index is 449. The molecule has 0 spiro atoms. The van der Waals surface area contributed by atoms with Crippen molar-refractivity contribution in [2.45, 2.75) is 82.8 Å². The summed E-state index contributed by atoms with van der Waals surface area (Å²) in [7, 11) is -3.56. The zero-order valence-corrected chi connectivity index (χ0v) is 14.5. The largest absolute Gasteiger partial charge is 0.227 e. The van der Waals surface area contributed by atoms with Crippen LogP contribution in [0.25, 0.3) is 0 Å².